The third kappa shape index (κ3) is 2.57. The predicted molar refractivity (Wildman–Crippen MR) is 77.1 cm³/mol. The summed E-state index contributed by atoms with van der Waals surface area (Å²) >= 11 is 0. The lowest BCUT2D eigenvalue weighted by atomic mass is 9.82. The topological polar surface area (TPSA) is 71.5 Å². The highest BCUT2D eigenvalue weighted by Crippen LogP contribution is 2.39. The molecule has 3 heterocycles. The van der Waals surface area contributed by atoms with Crippen LogP contribution in [0.15, 0.2) is 18.3 Å². The molecule has 2 fully saturated rings. The first-order chi connectivity index (χ1) is 10.1. The summed E-state index contributed by atoms with van der Waals surface area (Å²) in [5.41, 5.74) is -0.461. The summed E-state index contributed by atoms with van der Waals surface area (Å²) in [4.78, 5) is 30.3. The van der Waals surface area contributed by atoms with E-state index in [2.05, 4.69) is 15.2 Å². The fourth-order valence-electron chi connectivity index (χ4n) is 3.18. The molecule has 21 heavy (non-hydrogen) atoms. The van der Waals surface area contributed by atoms with Crippen LogP contribution >= 0.6 is 0 Å². The van der Waals surface area contributed by atoms with Gasteiger partial charge in [-0.15, -0.1) is 0 Å². The molecule has 1 aromatic heterocycles. The first kappa shape index (κ1) is 13.9. The van der Waals surface area contributed by atoms with Crippen molar-refractivity contribution < 1.29 is 14.3 Å². The summed E-state index contributed by atoms with van der Waals surface area (Å²) < 4.78 is 5.22. The molecular weight excluding hydrogens is 270 g/mol. The summed E-state index contributed by atoms with van der Waals surface area (Å²) in [6, 6.07) is 3.67. The number of imide groups is 1. The van der Waals surface area contributed by atoms with Crippen LogP contribution in [0.4, 0.5) is 5.82 Å². The number of carbonyl (C=O) groups excluding carboxylic acids is 2. The molecule has 0 saturated carbocycles. The fourth-order valence-corrected chi connectivity index (χ4v) is 3.18. The highest BCUT2D eigenvalue weighted by Gasteiger charge is 2.46. The number of aromatic nitrogens is 1. The molecule has 1 atom stereocenters. The van der Waals surface area contributed by atoms with Crippen LogP contribution in [0.25, 0.3) is 0 Å². The first-order valence-electron chi connectivity index (χ1n) is 7.22. The highest BCUT2D eigenvalue weighted by atomic mass is 16.5. The molecular formula is C15H19N3O3. The molecule has 0 aliphatic carbocycles. The number of amides is 2. The summed E-state index contributed by atoms with van der Waals surface area (Å²) in [7, 11) is 1.62. The van der Waals surface area contributed by atoms with E-state index in [1.807, 2.05) is 6.07 Å². The van der Waals surface area contributed by atoms with E-state index >= 15 is 0 Å². The zero-order valence-corrected chi connectivity index (χ0v) is 12.1. The van der Waals surface area contributed by atoms with Crippen molar-refractivity contribution in [3.63, 3.8) is 0 Å². The molecule has 1 unspecified atom stereocenters. The normalized spacial score (nSPS) is 25.9. The molecule has 1 N–H and O–H groups in total. The fraction of sp³-hybridized carbons (Fsp3) is 0.533. The van der Waals surface area contributed by atoms with Gasteiger partial charge in [0.2, 0.25) is 11.8 Å². The smallest absolute Gasteiger partial charge is 0.234 e. The lowest BCUT2D eigenvalue weighted by Gasteiger charge is -2.26. The van der Waals surface area contributed by atoms with Gasteiger partial charge in [-0.25, -0.2) is 4.98 Å². The number of pyridine rings is 1. The minimum Gasteiger partial charge on any atom is -0.497 e. The Morgan fingerprint density at radius 2 is 2.24 bits per heavy atom. The number of anilines is 1. The largest absolute Gasteiger partial charge is 0.497 e. The van der Waals surface area contributed by atoms with Crippen LogP contribution in [-0.4, -0.2) is 37.0 Å². The van der Waals surface area contributed by atoms with Gasteiger partial charge in [0.25, 0.3) is 0 Å². The molecule has 2 amide bonds. The quantitative estimate of drug-likeness (QED) is 0.826. The van der Waals surface area contributed by atoms with Gasteiger partial charge in [-0.3, -0.25) is 14.9 Å². The van der Waals surface area contributed by atoms with Crippen LogP contribution in [-0.2, 0) is 9.59 Å². The SMILES string of the molecule is COc1ccnc(N2CCC3(CCCC(=O)NC3=O)C2)c1. The number of carbonyl (C=O) groups is 2. The third-order valence-corrected chi connectivity index (χ3v) is 4.42. The van der Waals surface area contributed by atoms with Gasteiger partial charge in [0, 0.05) is 31.8 Å². The van der Waals surface area contributed by atoms with E-state index in [0.29, 0.717) is 13.0 Å². The molecule has 3 rings (SSSR count). The second-order valence-electron chi connectivity index (χ2n) is 5.74. The molecule has 0 radical (unpaired) electrons. The van der Waals surface area contributed by atoms with Crippen molar-refractivity contribution in [2.75, 3.05) is 25.1 Å². The maximum Gasteiger partial charge on any atom is 0.234 e. The third-order valence-electron chi connectivity index (χ3n) is 4.42. The van der Waals surface area contributed by atoms with Gasteiger partial charge in [0.05, 0.1) is 12.5 Å². The standard InChI is InChI=1S/C15H19N3O3/c1-21-11-4-7-16-12(9-11)18-8-6-15(10-18)5-2-3-13(19)17-14(15)20/h4,7,9H,2-3,5-6,8,10H2,1H3,(H,17,19,20). The minimum atomic E-state index is -0.461. The Hall–Kier alpha value is -2.11. The molecule has 2 aliphatic rings. The number of hydrogen-bond acceptors (Lipinski definition) is 5. The summed E-state index contributed by atoms with van der Waals surface area (Å²) in [6.45, 7) is 1.37. The van der Waals surface area contributed by atoms with Gasteiger partial charge in [0.1, 0.15) is 11.6 Å². The number of nitrogens with one attached hydrogen (secondary N) is 1. The number of methoxy groups -OCH3 is 1. The lowest BCUT2D eigenvalue weighted by molar-refractivity contribution is -0.134. The number of hydrogen-bond donors (Lipinski definition) is 1. The maximum absolute atomic E-state index is 12.3. The molecule has 6 nitrogen and oxygen atoms in total. The van der Waals surface area contributed by atoms with Crippen LogP contribution < -0.4 is 15.0 Å². The number of nitrogens with zero attached hydrogens (tertiary/aromatic N) is 2. The lowest BCUT2D eigenvalue weighted by Crippen LogP contribution is -2.43. The van der Waals surface area contributed by atoms with Crippen molar-refractivity contribution in [1.82, 2.24) is 10.3 Å². The molecule has 2 aliphatic heterocycles. The molecule has 112 valence electrons. The number of ether oxygens (including phenoxy) is 1. The summed E-state index contributed by atoms with van der Waals surface area (Å²) in [5, 5.41) is 2.52. The van der Waals surface area contributed by atoms with Crippen LogP contribution in [0, 0.1) is 5.41 Å². The predicted octanol–water partition coefficient (Wildman–Crippen LogP) is 1.11. The molecule has 0 bridgehead atoms. The zero-order chi connectivity index (χ0) is 14.9. The van der Waals surface area contributed by atoms with E-state index in [-0.39, 0.29) is 11.8 Å². The Bertz CT molecular complexity index is 575. The van der Waals surface area contributed by atoms with Crippen LogP contribution in [0.5, 0.6) is 5.75 Å². The van der Waals surface area contributed by atoms with E-state index in [4.69, 9.17) is 4.74 Å². The maximum atomic E-state index is 12.3. The Morgan fingerprint density at radius 1 is 1.38 bits per heavy atom. The van der Waals surface area contributed by atoms with Crippen molar-refractivity contribution in [3.05, 3.63) is 18.3 Å². The van der Waals surface area contributed by atoms with E-state index in [1.54, 1.807) is 19.4 Å². The van der Waals surface area contributed by atoms with Crippen LogP contribution in [0.2, 0.25) is 0 Å². The van der Waals surface area contributed by atoms with Crippen molar-refractivity contribution in [2.45, 2.75) is 25.7 Å². The van der Waals surface area contributed by atoms with Crippen molar-refractivity contribution in [2.24, 2.45) is 5.41 Å². The molecule has 1 spiro atoms. The summed E-state index contributed by atoms with van der Waals surface area (Å²) in [5.74, 6) is 1.28. The Kier molecular flexibility index (Phi) is 3.53. The van der Waals surface area contributed by atoms with Gasteiger partial charge in [0.15, 0.2) is 0 Å². The van der Waals surface area contributed by atoms with E-state index in [0.717, 1.165) is 37.4 Å². The van der Waals surface area contributed by atoms with E-state index < -0.39 is 5.41 Å². The minimum absolute atomic E-state index is 0.129. The van der Waals surface area contributed by atoms with Crippen LogP contribution in [0.1, 0.15) is 25.7 Å². The van der Waals surface area contributed by atoms with E-state index in [1.165, 1.54) is 0 Å². The van der Waals surface area contributed by atoms with Crippen LogP contribution in [0.3, 0.4) is 0 Å². The first-order valence-corrected chi connectivity index (χ1v) is 7.22. The monoisotopic (exact) mass is 289 g/mol. The average Bonchev–Trinajstić information content (AvgIpc) is 2.87. The van der Waals surface area contributed by atoms with E-state index in [9.17, 15) is 9.59 Å². The van der Waals surface area contributed by atoms with Gasteiger partial charge in [-0.1, -0.05) is 0 Å². The Balaban J connectivity index is 1.80. The average molecular weight is 289 g/mol. The van der Waals surface area contributed by atoms with Gasteiger partial charge < -0.3 is 9.64 Å². The van der Waals surface area contributed by atoms with Gasteiger partial charge >= 0.3 is 0 Å². The second-order valence-corrected chi connectivity index (χ2v) is 5.74. The molecule has 0 aromatic carbocycles. The second kappa shape index (κ2) is 5.35. The molecule has 1 aromatic rings. The highest BCUT2D eigenvalue weighted by molar-refractivity contribution is 5.99. The van der Waals surface area contributed by atoms with Gasteiger partial charge in [-0.05, 0) is 25.3 Å². The van der Waals surface area contributed by atoms with Crippen molar-refractivity contribution >= 4 is 17.6 Å². The van der Waals surface area contributed by atoms with Gasteiger partial charge in [-0.2, -0.15) is 0 Å². The summed E-state index contributed by atoms with van der Waals surface area (Å²) in [6.07, 6.45) is 4.41. The molecule has 2 saturated heterocycles. The zero-order valence-electron chi connectivity index (χ0n) is 12.1. The Labute approximate surface area is 123 Å². The molecule has 6 heteroatoms. The number of rotatable bonds is 2. The Morgan fingerprint density at radius 3 is 3.05 bits per heavy atom. The van der Waals surface area contributed by atoms with Crippen molar-refractivity contribution in [3.8, 4) is 5.75 Å². The van der Waals surface area contributed by atoms with Crippen molar-refractivity contribution in [1.29, 1.82) is 0 Å².